The molecule has 1 aliphatic heterocycles. The van der Waals surface area contributed by atoms with Crippen LogP contribution in [-0.4, -0.2) is 72.5 Å². The summed E-state index contributed by atoms with van der Waals surface area (Å²) in [6, 6.07) is 13.9. The fourth-order valence-corrected chi connectivity index (χ4v) is 4.25. The van der Waals surface area contributed by atoms with Crippen LogP contribution in [0.2, 0.25) is 5.02 Å². The minimum absolute atomic E-state index is 0.0299. The van der Waals surface area contributed by atoms with Crippen LogP contribution in [0, 0.1) is 0 Å². The van der Waals surface area contributed by atoms with Gasteiger partial charge in [-0.1, -0.05) is 41.9 Å². The summed E-state index contributed by atoms with van der Waals surface area (Å²) in [5.74, 6) is -1.25. The smallest absolute Gasteiger partial charge is 0.416 e. The monoisotopic (exact) mass is 576 g/mol. The lowest BCUT2D eigenvalue weighted by atomic mass is 10.2. The van der Waals surface area contributed by atoms with Crippen molar-refractivity contribution in [3.05, 3.63) is 88.6 Å². The van der Waals surface area contributed by atoms with Crippen molar-refractivity contribution in [1.82, 2.24) is 20.1 Å². The van der Waals surface area contributed by atoms with Crippen LogP contribution in [0.3, 0.4) is 0 Å². The molecule has 0 spiro atoms. The lowest BCUT2D eigenvalue weighted by Crippen LogP contribution is -2.55. The molecule has 1 fully saturated rings. The number of piperazine rings is 1. The van der Waals surface area contributed by atoms with Crippen molar-refractivity contribution in [3.63, 3.8) is 0 Å². The summed E-state index contributed by atoms with van der Waals surface area (Å²) in [5, 5.41) is 2.43. The number of rotatable bonds is 9. The Morgan fingerprint density at radius 1 is 1.05 bits per heavy atom. The number of hydrogen-bond acceptors (Lipinski definition) is 6. The van der Waals surface area contributed by atoms with E-state index in [1.54, 1.807) is 4.90 Å². The third-order valence-electron chi connectivity index (χ3n) is 6.30. The Kier molecular flexibility index (Phi) is 9.62. The first-order valence-electron chi connectivity index (χ1n) is 12.5. The molecule has 3 aromatic rings. The average molecular weight is 577 g/mol. The van der Waals surface area contributed by atoms with Crippen molar-refractivity contribution in [1.29, 1.82) is 0 Å². The summed E-state index contributed by atoms with van der Waals surface area (Å²) in [6.45, 7) is 2.59. The zero-order valence-electron chi connectivity index (χ0n) is 21.7. The van der Waals surface area contributed by atoms with E-state index in [2.05, 4.69) is 15.2 Å². The average Bonchev–Trinajstić information content (AvgIpc) is 2.94. The topological polar surface area (TPSA) is 84.0 Å². The van der Waals surface area contributed by atoms with Crippen LogP contribution in [0.25, 0.3) is 0 Å². The molecule has 0 radical (unpaired) electrons. The SMILES string of the molecule is CN1CCN(C(=O)C(COCc2ccccc2)NC(=O)c2cccnc2Oc2ccc(C(F)(F)F)cc2Cl)CC1. The van der Waals surface area contributed by atoms with Crippen molar-refractivity contribution < 1.29 is 32.2 Å². The van der Waals surface area contributed by atoms with Gasteiger partial charge in [-0.15, -0.1) is 0 Å². The molecule has 2 aromatic carbocycles. The number of halogens is 4. The van der Waals surface area contributed by atoms with Gasteiger partial charge >= 0.3 is 6.18 Å². The van der Waals surface area contributed by atoms with Crippen LogP contribution in [0.15, 0.2) is 66.9 Å². The zero-order chi connectivity index (χ0) is 28.7. The second kappa shape index (κ2) is 13.1. The maximum absolute atomic E-state index is 13.4. The molecule has 0 bridgehead atoms. The van der Waals surface area contributed by atoms with Crippen molar-refractivity contribution in [2.45, 2.75) is 18.8 Å². The number of amides is 2. The molecule has 1 atom stereocenters. The van der Waals surface area contributed by atoms with Gasteiger partial charge < -0.3 is 24.6 Å². The Hall–Kier alpha value is -3.67. The predicted molar refractivity (Wildman–Crippen MR) is 142 cm³/mol. The Morgan fingerprint density at radius 2 is 1.77 bits per heavy atom. The summed E-state index contributed by atoms with van der Waals surface area (Å²) in [6.07, 6.45) is -3.22. The fraction of sp³-hybridized carbons (Fsp3) is 0.321. The highest BCUT2D eigenvalue weighted by Gasteiger charge is 2.32. The van der Waals surface area contributed by atoms with Crippen molar-refractivity contribution in [3.8, 4) is 11.6 Å². The van der Waals surface area contributed by atoms with Gasteiger partial charge in [0.15, 0.2) is 0 Å². The van der Waals surface area contributed by atoms with Crippen LogP contribution in [0.4, 0.5) is 13.2 Å². The lowest BCUT2D eigenvalue weighted by Gasteiger charge is -2.34. The third-order valence-corrected chi connectivity index (χ3v) is 6.59. The summed E-state index contributed by atoms with van der Waals surface area (Å²) >= 11 is 6.02. The summed E-state index contributed by atoms with van der Waals surface area (Å²) < 4.78 is 50.5. The number of nitrogens with zero attached hydrogens (tertiary/aromatic N) is 3. The second-order valence-corrected chi connectivity index (χ2v) is 9.66. The van der Waals surface area contributed by atoms with E-state index < -0.39 is 23.7 Å². The van der Waals surface area contributed by atoms with Crippen molar-refractivity contribution in [2.75, 3.05) is 39.8 Å². The molecular formula is C28H28ClF3N4O4. The van der Waals surface area contributed by atoms with E-state index in [9.17, 15) is 22.8 Å². The number of carbonyl (C=O) groups is 2. The standard InChI is InChI=1S/C28H28ClF3N4O4/c1-35-12-14-36(15-13-35)27(38)23(18-39-17-19-6-3-2-4-7-19)34-25(37)21-8-5-11-33-26(21)40-24-10-9-20(16-22(24)29)28(30,31)32/h2-11,16,23H,12-15,17-18H2,1H3,(H,34,37). The van der Waals surface area contributed by atoms with Gasteiger partial charge in [0.1, 0.15) is 17.4 Å². The molecular weight excluding hydrogens is 549 g/mol. The lowest BCUT2D eigenvalue weighted by molar-refractivity contribution is -0.138. The molecule has 212 valence electrons. The maximum Gasteiger partial charge on any atom is 0.416 e. The van der Waals surface area contributed by atoms with Crippen molar-refractivity contribution >= 4 is 23.4 Å². The molecule has 40 heavy (non-hydrogen) atoms. The van der Waals surface area contributed by atoms with Crippen LogP contribution in [-0.2, 0) is 22.3 Å². The molecule has 2 heterocycles. The number of benzene rings is 2. The van der Waals surface area contributed by atoms with Gasteiger partial charge in [-0.25, -0.2) is 4.98 Å². The molecule has 8 nitrogen and oxygen atoms in total. The number of ether oxygens (including phenoxy) is 2. The highest BCUT2D eigenvalue weighted by atomic mass is 35.5. The van der Waals surface area contributed by atoms with Gasteiger partial charge in [-0.3, -0.25) is 9.59 Å². The number of nitrogens with one attached hydrogen (secondary N) is 1. The minimum Gasteiger partial charge on any atom is -0.437 e. The van der Waals surface area contributed by atoms with Gasteiger partial charge in [0.25, 0.3) is 5.91 Å². The van der Waals surface area contributed by atoms with E-state index in [1.807, 2.05) is 37.4 Å². The fourth-order valence-electron chi connectivity index (χ4n) is 4.04. The number of carbonyl (C=O) groups excluding carboxylic acids is 2. The molecule has 0 saturated carbocycles. The van der Waals surface area contributed by atoms with E-state index in [0.29, 0.717) is 26.2 Å². The van der Waals surface area contributed by atoms with E-state index in [4.69, 9.17) is 21.1 Å². The summed E-state index contributed by atoms with van der Waals surface area (Å²) in [4.78, 5) is 34.6. The van der Waals surface area contributed by atoms with Crippen LogP contribution < -0.4 is 10.1 Å². The quantitative estimate of drug-likeness (QED) is 0.400. The van der Waals surface area contributed by atoms with Crippen molar-refractivity contribution in [2.24, 2.45) is 0 Å². The Morgan fingerprint density at radius 3 is 2.45 bits per heavy atom. The molecule has 2 amide bonds. The Bertz CT molecular complexity index is 1320. The van der Waals surface area contributed by atoms with E-state index in [-0.39, 0.29) is 41.3 Å². The van der Waals surface area contributed by atoms with Crippen LogP contribution in [0.5, 0.6) is 11.6 Å². The van der Waals surface area contributed by atoms with E-state index in [0.717, 1.165) is 23.8 Å². The second-order valence-electron chi connectivity index (χ2n) is 9.26. The molecule has 1 aliphatic rings. The van der Waals surface area contributed by atoms with Gasteiger partial charge in [0.05, 0.1) is 23.8 Å². The third kappa shape index (κ3) is 7.71. The zero-order valence-corrected chi connectivity index (χ0v) is 22.4. The van der Waals surface area contributed by atoms with Crippen LogP contribution >= 0.6 is 11.6 Å². The van der Waals surface area contributed by atoms with E-state index in [1.165, 1.54) is 18.3 Å². The largest absolute Gasteiger partial charge is 0.437 e. The number of aromatic nitrogens is 1. The first-order chi connectivity index (χ1) is 19.1. The van der Waals surface area contributed by atoms with Gasteiger partial charge in [0.2, 0.25) is 11.8 Å². The number of likely N-dealkylation sites (N-methyl/N-ethyl adjacent to an activating group) is 1. The Balaban J connectivity index is 1.50. The number of alkyl halides is 3. The van der Waals surface area contributed by atoms with E-state index >= 15 is 0 Å². The minimum atomic E-state index is -4.58. The molecule has 0 aliphatic carbocycles. The number of pyridine rings is 1. The van der Waals surface area contributed by atoms with Gasteiger partial charge in [-0.05, 0) is 42.9 Å². The highest BCUT2D eigenvalue weighted by Crippen LogP contribution is 2.36. The molecule has 1 unspecified atom stereocenters. The van der Waals surface area contributed by atoms with Gasteiger partial charge in [0, 0.05) is 32.4 Å². The maximum atomic E-state index is 13.4. The normalized spacial score (nSPS) is 15.0. The van der Waals surface area contributed by atoms with Crippen LogP contribution in [0.1, 0.15) is 21.5 Å². The molecule has 4 rings (SSSR count). The first-order valence-corrected chi connectivity index (χ1v) is 12.9. The molecule has 1 aromatic heterocycles. The summed E-state index contributed by atoms with van der Waals surface area (Å²) in [5.41, 5.74) is -0.0571. The molecule has 12 heteroatoms. The molecule has 1 N–H and O–H groups in total. The Labute approximate surface area is 234 Å². The highest BCUT2D eigenvalue weighted by molar-refractivity contribution is 6.32. The number of hydrogen-bond donors (Lipinski definition) is 1. The summed E-state index contributed by atoms with van der Waals surface area (Å²) in [7, 11) is 1.97. The molecule has 1 saturated heterocycles. The van der Waals surface area contributed by atoms with Gasteiger partial charge in [-0.2, -0.15) is 13.2 Å². The predicted octanol–water partition coefficient (Wildman–Crippen LogP) is 4.64. The first kappa shape index (κ1) is 29.3.